The normalized spacial score (nSPS) is 15.2. The first-order chi connectivity index (χ1) is 13.9. The Bertz CT molecular complexity index is 948. The fourth-order valence-corrected chi connectivity index (χ4v) is 4.57. The Morgan fingerprint density at radius 3 is 2.38 bits per heavy atom. The highest BCUT2D eigenvalue weighted by Gasteiger charge is 2.30. The number of nitrogens with zero attached hydrogens (tertiary/aromatic N) is 2. The highest BCUT2D eigenvalue weighted by molar-refractivity contribution is 9.10. The highest BCUT2D eigenvalue weighted by atomic mass is 79.9. The minimum Gasteiger partial charge on any atom is -0.489 e. The zero-order chi connectivity index (χ0) is 20.9. The lowest BCUT2D eigenvalue weighted by Gasteiger charge is -2.34. The van der Waals surface area contributed by atoms with Gasteiger partial charge in [-0.2, -0.15) is 4.31 Å². The third-order valence-corrected chi connectivity index (χ3v) is 6.89. The number of para-hydroxylation sites is 1. The van der Waals surface area contributed by atoms with E-state index in [-0.39, 0.29) is 56.0 Å². The summed E-state index contributed by atoms with van der Waals surface area (Å²) in [6.07, 6.45) is 0. The van der Waals surface area contributed by atoms with Crippen LogP contribution in [0.25, 0.3) is 0 Å². The van der Waals surface area contributed by atoms with Crippen molar-refractivity contribution in [3.05, 3.63) is 58.8 Å². The number of benzene rings is 2. The highest BCUT2D eigenvalue weighted by Crippen LogP contribution is 2.20. The molecule has 1 fully saturated rings. The van der Waals surface area contributed by atoms with Crippen LogP contribution in [0.2, 0.25) is 0 Å². The first kappa shape index (κ1) is 21.5. The van der Waals surface area contributed by atoms with E-state index in [9.17, 15) is 17.6 Å². The molecule has 156 valence electrons. The Hall–Kier alpha value is -2.17. The fraction of sp³-hybridized carbons (Fsp3) is 0.316. The van der Waals surface area contributed by atoms with E-state index in [1.54, 1.807) is 41.3 Å². The van der Waals surface area contributed by atoms with Gasteiger partial charge in [0, 0.05) is 30.7 Å². The van der Waals surface area contributed by atoms with Gasteiger partial charge in [0.15, 0.2) is 11.6 Å². The van der Waals surface area contributed by atoms with Gasteiger partial charge >= 0.3 is 6.03 Å². The van der Waals surface area contributed by atoms with Crippen LogP contribution in [0.5, 0.6) is 5.75 Å². The number of hydrogen-bond donors (Lipinski definition) is 1. The SMILES string of the molecule is O=C(NCCOc1ccccc1F)N1CCN(S(=O)(=O)c2ccc(Br)cc2)CC1. The molecular weight excluding hydrogens is 465 g/mol. The summed E-state index contributed by atoms with van der Waals surface area (Å²) in [5.74, 6) is -0.324. The topological polar surface area (TPSA) is 79.0 Å². The lowest BCUT2D eigenvalue weighted by molar-refractivity contribution is 0.170. The fourth-order valence-electron chi connectivity index (χ4n) is 2.88. The summed E-state index contributed by atoms with van der Waals surface area (Å²) in [4.78, 5) is 14.0. The largest absolute Gasteiger partial charge is 0.489 e. The molecule has 2 aromatic rings. The average Bonchev–Trinajstić information content (AvgIpc) is 2.72. The van der Waals surface area contributed by atoms with Crippen molar-refractivity contribution in [3.63, 3.8) is 0 Å². The first-order valence-electron chi connectivity index (χ1n) is 9.04. The number of carbonyl (C=O) groups excluding carboxylic acids is 1. The number of nitrogens with one attached hydrogen (secondary N) is 1. The molecule has 1 aliphatic rings. The molecule has 0 radical (unpaired) electrons. The van der Waals surface area contributed by atoms with Gasteiger partial charge in [-0.25, -0.2) is 17.6 Å². The molecule has 3 rings (SSSR count). The number of hydrogen-bond acceptors (Lipinski definition) is 4. The second-order valence-corrected chi connectivity index (χ2v) is 9.21. The van der Waals surface area contributed by atoms with Gasteiger partial charge in [0.25, 0.3) is 0 Å². The van der Waals surface area contributed by atoms with E-state index in [1.165, 1.54) is 16.4 Å². The Morgan fingerprint density at radius 2 is 1.72 bits per heavy atom. The van der Waals surface area contributed by atoms with Crippen molar-refractivity contribution < 1.29 is 22.3 Å². The maximum atomic E-state index is 13.5. The summed E-state index contributed by atoms with van der Waals surface area (Å²) in [6, 6.07) is 12.2. The summed E-state index contributed by atoms with van der Waals surface area (Å²) in [7, 11) is -3.58. The Morgan fingerprint density at radius 1 is 1.07 bits per heavy atom. The number of sulfonamides is 1. The molecule has 2 aromatic carbocycles. The summed E-state index contributed by atoms with van der Waals surface area (Å²) in [6.45, 7) is 1.36. The molecule has 29 heavy (non-hydrogen) atoms. The first-order valence-corrected chi connectivity index (χ1v) is 11.3. The molecule has 7 nitrogen and oxygen atoms in total. The van der Waals surface area contributed by atoms with Gasteiger partial charge in [-0.3, -0.25) is 0 Å². The lowest BCUT2D eigenvalue weighted by atomic mass is 10.3. The molecule has 0 aromatic heterocycles. The quantitative estimate of drug-likeness (QED) is 0.637. The van der Waals surface area contributed by atoms with Crippen LogP contribution in [0.3, 0.4) is 0 Å². The number of ether oxygens (including phenoxy) is 1. The zero-order valence-corrected chi connectivity index (χ0v) is 18.0. The molecule has 0 unspecified atom stereocenters. The average molecular weight is 486 g/mol. The van der Waals surface area contributed by atoms with Crippen LogP contribution in [-0.2, 0) is 10.0 Å². The standard InChI is InChI=1S/C19H21BrFN3O4S/c20-15-5-7-16(8-6-15)29(26,27)24-12-10-23(11-13-24)19(25)22-9-14-28-18-4-2-1-3-17(18)21/h1-8H,9-14H2,(H,22,25). The van der Waals surface area contributed by atoms with Crippen LogP contribution in [0.1, 0.15) is 0 Å². The molecular formula is C19H21BrFN3O4S. The van der Waals surface area contributed by atoms with Gasteiger partial charge in [0.05, 0.1) is 11.4 Å². The van der Waals surface area contributed by atoms with E-state index in [0.717, 1.165) is 4.47 Å². The molecule has 1 aliphatic heterocycles. The van der Waals surface area contributed by atoms with Crippen LogP contribution >= 0.6 is 15.9 Å². The van der Waals surface area contributed by atoms with E-state index in [2.05, 4.69) is 21.2 Å². The number of carbonyl (C=O) groups is 1. The molecule has 0 spiro atoms. The number of urea groups is 1. The van der Waals surface area contributed by atoms with Crippen LogP contribution < -0.4 is 10.1 Å². The second-order valence-electron chi connectivity index (χ2n) is 6.36. The van der Waals surface area contributed by atoms with Crippen molar-refractivity contribution in [2.24, 2.45) is 0 Å². The van der Waals surface area contributed by atoms with Crippen molar-refractivity contribution in [2.45, 2.75) is 4.90 Å². The van der Waals surface area contributed by atoms with Gasteiger partial charge in [-0.15, -0.1) is 0 Å². The number of halogens is 2. The summed E-state index contributed by atoms with van der Waals surface area (Å²) >= 11 is 3.29. The van der Waals surface area contributed by atoms with Crippen molar-refractivity contribution in [1.29, 1.82) is 0 Å². The molecule has 2 amide bonds. The third-order valence-electron chi connectivity index (χ3n) is 4.45. The van der Waals surface area contributed by atoms with Crippen molar-refractivity contribution >= 4 is 32.0 Å². The van der Waals surface area contributed by atoms with E-state index >= 15 is 0 Å². The molecule has 0 bridgehead atoms. The summed E-state index contributed by atoms with van der Waals surface area (Å²) in [5.41, 5.74) is 0. The van der Waals surface area contributed by atoms with Crippen molar-refractivity contribution in [3.8, 4) is 5.75 Å². The third kappa shape index (κ3) is 5.46. The Labute approximate surface area is 177 Å². The minimum atomic E-state index is -3.58. The molecule has 1 saturated heterocycles. The number of amides is 2. The minimum absolute atomic E-state index is 0.130. The molecule has 0 atom stereocenters. The van der Waals surface area contributed by atoms with E-state index in [1.807, 2.05) is 0 Å². The smallest absolute Gasteiger partial charge is 0.317 e. The molecule has 1 N–H and O–H groups in total. The summed E-state index contributed by atoms with van der Waals surface area (Å²) < 4.78 is 46.3. The lowest BCUT2D eigenvalue weighted by Crippen LogP contribution is -2.53. The van der Waals surface area contributed by atoms with E-state index < -0.39 is 15.8 Å². The number of piperazine rings is 1. The predicted octanol–water partition coefficient (Wildman–Crippen LogP) is 2.68. The van der Waals surface area contributed by atoms with Crippen LogP contribution in [-0.4, -0.2) is 63.0 Å². The molecule has 0 aliphatic carbocycles. The maximum Gasteiger partial charge on any atom is 0.317 e. The van der Waals surface area contributed by atoms with Gasteiger partial charge in [0.1, 0.15) is 6.61 Å². The van der Waals surface area contributed by atoms with Crippen molar-refractivity contribution in [1.82, 2.24) is 14.5 Å². The van der Waals surface area contributed by atoms with Gasteiger partial charge in [0.2, 0.25) is 10.0 Å². The number of rotatable bonds is 6. The zero-order valence-electron chi connectivity index (χ0n) is 15.6. The molecule has 0 saturated carbocycles. The van der Waals surface area contributed by atoms with Gasteiger partial charge in [-0.05, 0) is 36.4 Å². The maximum absolute atomic E-state index is 13.5. The monoisotopic (exact) mass is 485 g/mol. The van der Waals surface area contributed by atoms with E-state index in [4.69, 9.17) is 4.74 Å². The second kappa shape index (κ2) is 9.55. The molecule has 10 heteroatoms. The van der Waals surface area contributed by atoms with Gasteiger partial charge < -0.3 is 15.0 Å². The predicted molar refractivity (Wildman–Crippen MR) is 110 cm³/mol. The Balaban J connectivity index is 1.44. The van der Waals surface area contributed by atoms with Gasteiger partial charge in [-0.1, -0.05) is 28.1 Å². The van der Waals surface area contributed by atoms with E-state index in [0.29, 0.717) is 0 Å². The van der Waals surface area contributed by atoms with Crippen LogP contribution in [0, 0.1) is 5.82 Å². The molecule has 1 heterocycles. The van der Waals surface area contributed by atoms with Crippen molar-refractivity contribution in [2.75, 3.05) is 39.3 Å². The van der Waals surface area contributed by atoms with Crippen LogP contribution in [0.15, 0.2) is 57.9 Å². The Kier molecular flexibility index (Phi) is 7.09. The summed E-state index contributed by atoms with van der Waals surface area (Å²) in [5, 5.41) is 2.70. The van der Waals surface area contributed by atoms with Crippen LogP contribution in [0.4, 0.5) is 9.18 Å².